The van der Waals surface area contributed by atoms with E-state index in [1.165, 1.54) is 0 Å². The van der Waals surface area contributed by atoms with Crippen molar-refractivity contribution in [2.45, 2.75) is 19.4 Å². The smallest absolute Gasteiger partial charge is 0.150 e. The molecule has 0 amide bonds. The quantitative estimate of drug-likeness (QED) is 0.831. The number of hydrogen-bond acceptors (Lipinski definition) is 5. The zero-order chi connectivity index (χ0) is 12.8. The van der Waals surface area contributed by atoms with Gasteiger partial charge in [0, 0.05) is 23.7 Å². The Morgan fingerprint density at radius 1 is 1.33 bits per heavy atom. The number of nitrogens with zero attached hydrogens (tertiary/aromatic N) is 4. The Labute approximate surface area is 105 Å². The number of aromatic nitrogens is 2. The molecule has 2 aromatic rings. The Balaban J connectivity index is 2.24. The molecular weight excluding hydrogens is 226 g/mol. The van der Waals surface area contributed by atoms with Gasteiger partial charge in [-0.3, -0.25) is 9.97 Å². The van der Waals surface area contributed by atoms with Gasteiger partial charge in [-0.15, -0.1) is 0 Å². The molecule has 1 atom stereocenters. The van der Waals surface area contributed by atoms with Crippen molar-refractivity contribution in [3.63, 3.8) is 0 Å². The molecule has 0 fully saturated rings. The first-order valence-corrected chi connectivity index (χ1v) is 5.72. The minimum absolute atomic E-state index is 0.594. The van der Waals surface area contributed by atoms with Gasteiger partial charge < -0.3 is 5.73 Å². The van der Waals surface area contributed by atoms with Crippen LogP contribution in [0.3, 0.4) is 0 Å². The van der Waals surface area contributed by atoms with Crippen molar-refractivity contribution >= 4 is 11.4 Å². The summed E-state index contributed by atoms with van der Waals surface area (Å²) < 4.78 is 0. The second-order valence-electron chi connectivity index (χ2n) is 4.56. The van der Waals surface area contributed by atoms with Gasteiger partial charge in [-0.05, 0) is 26.0 Å². The third-order valence-corrected chi connectivity index (χ3v) is 3.19. The molecule has 3 rings (SSSR count). The minimum Gasteiger partial charge on any atom is -0.397 e. The summed E-state index contributed by atoms with van der Waals surface area (Å²) in [5, 5.41) is 8.53. The normalized spacial score (nSPS) is 21.0. The Morgan fingerprint density at radius 3 is 2.89 bits per heavy atom. The second kappa shape index (κ2) is 3.60. The monoisotopic (exact) mass is 239 g/mol. The zero-order valence-electron chi connectivity index (χ0n) is 10.3. The van der Waals surface area contributed by atoms with Crippen LogP contribution in [0, 0.1) is 6.92 Å². The third kappa shape index (κ3) is 1.40. The summed E-state index contributed by atoms with van der Waals surface area (Å²) >= 11 is 0. The van der Waals surface area contributed by atoms with E-state index in [-0.39, 0.29) is 0 Å². The Hall–Kier alpha value is -2.30. The van der Waals surface area contributed by atoms with E-state index in [1.54, 1.807) is 12.4 Å². The topological polar surface area (TPSA) is 76.5 Å². The van der Waals surface area contributed by atoms with Crippen LogP contribution >= 0.6 is 0 Å². The van der Waals surface area contributed by atoms with Crippen LogP contribution in [0.1, 0.15) is 23.9 Å². The number of anilines is 1. The van der Waals surface area contributed by atoms with Gasteiger partial charge in [-0.25, -0.2) is 0 Å². The molecule has 5 nitrogen and oxygen atoms in total. The van der Waals surface area contributed by atoms with Crippen LogP contribution in [0.15, 0.2) is 40.8 Å². The molecule has 90 valence electrons. The van der Waals surface area contributed by atoms with Crippen molar-refractivity contribution in [3.8, 4) is 0 Å². The molecule has 5 heteroatoms. The van der Waals surface area contributed by atoms with E-state index in [4.69, 9.17) is 5.73 Å². The maximum atomic E-state index is 5.96. The van der Waals surface area contributed by atoms with Crippen LogP contribution in [-0.2, 0) is 5.54 Å². The van der Waals surface area contributed by atoms with Gasteiger partial charge in [0.25, 0.3) is 0 Å². The molecule has 0 aromatic carbocycles. The third-order valence-electron chi connectivity index (χ3n) is 3.19. The van der Waals surface area contributed by atoms with E-state index in [9.17, 15) is 0 Å². The van der Waals surface area contributed by atoms with Gasteiger partial charge in [0.2, 0.25) is 0 Å². The van der Waals surface area contributed by atoms with Crippen LogP contribution in [0.4, 0.5) is 11.4 Å². The molecule has 0 radical (unpaired) electrons. The molecule has 0 aliphatic carbocycles. The van der Waals surface area contributed by atoms with Crippen molar-refractivity contribution < 1.29 is 0 Å². The van der Waals surface area contributed by atoms with E-state index in [0.29, 0.717) is 11.4 Å². The van der Waals surface area contributed by atoms with Gasteiger partial charge in [0.1, 0.15) is 16.9 Å². The second-order valence-corrected chi connectivity index (χ2v) is 4.56. The van der Waals surface area contributed by atoms with Crippen molar-refractivity contribution in [1.29, 1.82) is 0 Å². The summed E-state index contributed by atoms with van der Waals surface area (Å²) in [6.45, 7) is 3.89. The molecule has 0 saturated heterocycles. The number of nitrogen functional groups attached to an aromatic ring is 1. The van der Waals surface area contributed by atoms with Gasteiger partial charge in [0.15, 0.2) is 0 Å². The molecule has 0 saturated carbocycles. The number of nitrogens with two attached hydrogens (primary N) is 1. The predicted molar refractivity (Wildman–Crippen MR) is 68.6 cm³/mol. The maximum Gasteiger partial charge on any atom is 0.150 e. The molecule has 1 aliphatic heterocycles. The molecule has 2 aromatic heterocycles. The van der Waals surface area contributed by atoms with Crippen molar-refractivity contribution in [2.24, 2.45) is 10.2 Å². The molecule has 1 aliphatic rings. The fourth-order valence-electron chi connectivity index (χ4n) is 2.18. The number of pyridine rings is 2. The van der Waals surface area contributed by atoms with Crippen molar-refractivity contribution in [3.05, 3.63) is 47.5 Å². The van der Waals surface area contributed by atoms with E-state index >= 15 is 0 Å². The summed E-state index contributed by atoms with van der Waals surface area (Å²) in [4.78, 5) is 8.68. The number of azo groups is 1. The molecule has 18 heavy (non-hydrogen) atoms. The average Bonchev–Trinajstić information content (AvgIpc) is 2.70. The van der Waals surface area contributed by atoms with E-state index in [0.717, 1.165) is 17.0 Å². The molecule has 0 spiro atoms. The summed E-state index contributed by atoms with van der Waals surface area (Å²) in [5.74, 6) is 0. The van der Waals surface area contributed by atoms with E-state index in [2.05, 4.69) is 20.2 Å². The zero-order valence-corrected chi connectivity index (χ0v) is 10.3. The summed E-state index contributed by atoms with van der Waals surface area (Å²) in [6, 6.07) is 5.67. The molecular formula is C13H13N5. The lowest BCUT2D eigenvalue weighted by Crippen LogP contribution is -2.20. The van der Waals surface area contributed by atoms with E-state index < -0.39 is 5.54 Å². The fraction of sp³-hybridized carbons (Fsp3) is 0.231. The van der Waals surface area contributed by atoms with Gasteiger partial charge in [-0.2, -0.15) is 10.2 Å². The first-order chi connectivity index (χ1) is 8.61. The Kier molecular flexibility index (Phi) is 2.16. The minimum atomic E-state index is -0.594. The summed E-state index contributed by atoms with van der Waals surface area (Å²) in [5.41, 5.74) is 9.29. The maximum absolute atomic E-state index is 5.96. The highest BCUT2D eigenvalue weighted by Gasteiger charge is 2.38. The number of fused-ring (bicyclic) bond motifs is 1. The number of hydrogen-bond donors (Lipinski definition) is 1. The van der Waals surface area contributed by atoms with Crippen LogP contribution < -0.4 is 5.73 Å². The van der Waals surface area contributed by atoms with Crippen LogP contribution in [-0.4, -0.2) is 9.97 Å². The fourth-order valence-corrected chi connectivity index (χ4v) is 2.18. The highest BCUT2D eigenvalue weighted by Crippen LogP contribution is 2.46. The van der Waals surface area contributed by atoms with Crippen molar-refractivity contribution in [2.75, 3.05) is 5.73 Å². The van der Waals surface area contributed by atoms with Gasteiger partial charge in [-0.1, -0.05) is 6.07 Å². The average molecular weight is 239 g/mol. The lowest BCUT2D eigenvalue weighted by molar-refractivity contribution is 0.581. The largest absolute Gasteiger partial charge is 0.397 e. The number of rotatable bonds is 1. The van der Waals surface area contributed by atoms with Crippen LogP contribution in [0.2, 0.25) is 0 Å². The summed E-state index contributed by atoms with van der Waals surface area (Å²) in [7, 11) is 0. The van der Waals surface area contributed by atoms with Crippen molar-refractivity contribution in [1.82, 2.24) is 9.97 Å². The summed E-state index contributed by atoms with van der Waals surface area (Å²) in [6.07, 6.45) is 3.52. The van der Waals surface area contributed by atoms with Gasteiger partial charge >= 0.3 is 0 Å². The first kappa shape index (κ1) is 10.8. The lowest BCUT2D eigenvalue weighted by atomic mass is 9.90. The van der Waals surface area contributed by atoms with Crippen LogP contribution in [0.25, 0.3) is 0 Å². The Morgan fingerprint density at radius 2 is 2.17 bits per heavy atom. The van der Waals surface area contributed by atoms with Crippen LogP contribution in [0.5, 0.6) is 0 Å². The predicted octanol–water partition coefficient (Wildman–Crippen LogP) is 2.73. The number of aryl methyl sites for hydroxylation is 1. The molecule has 0 bridgehead atoms. The molecule has 2 N–H and O–H groups in total. The van der Waals surface area contributed by atoms with E-state index in [1.807, 2.05) is 32.0 Å². The Bertz CT molecular complexity index is 635. The molecule has 3 heterocycles. The molecule has 1 unspecified atom stereocenters. The SMILES string of the molecule is Cc1cc(N)c2c(n1)C(C)(c1cccnc1)N=N2. The van der Waals surface area contributed by atoms with Gasteiger partial charge in [0.05, 0.1) is 5.69 Å². The standard InChI is InChI=1S/C13H13N5/c1-8-6-10(14)11-12(16-8)13(2,18-17-11)9-4-3-5-15-7-9/h3-7H,1-2H3,(H2,14,16). The first-order valence-electron chi connectivity index (χ1n) is 5.72. The lowest BCUT2D eigenvalue weighted by Gasteiger charge is -2.20. The highest BCUT2D eigenvalue weighted by molar-refractivity contribution is 5.69. The highest BCUT2D eigenvalue weighted by atomic mass is 15.2.